The Labute approximate surface area is 167 Å². The second-order valence-electron chi connectivity index (χ2n) is 7.82. The number of aromatic amines is 1. The monoisotopic (exact) mass is 393 g/mol. The molecule has 2 fully saturated rings. The molecule has 2 aliphatic rings. The first-order chi connectivity index (χ1) is 14.2. The van der Waals surface area contributed by atoms with Crippen LogP contribution in [0.2, 0.25) is 0 Å². The lowest BCUT2D eigenvalue weighted by atomic mass is 9.85. The second-order valence-corrected chi connectivity index (χ2v) is 7.82. The smallest absolute Gasteiger partial charge is 0.274 e. The van der Waals surface area contributed by atoms with Crippen molar-refractivity contribution in [3.8, 4) is 0 Å². The molecule has 1 spiro atoms. The van der Waals surface area contributed by atoms with Gasteiger partial charge in [0.1, 0.15) is 11.9 Å². The highest BCUT2D eigenvalue weighted by Gasteiger charge is 2.50. The first-order valence-corrected chi connectivity index (χ1v) is 10.0. The van der Waals surface area contributed by atoms with Crippen molar-refractivity contribution in [2.75, 3.05) is 13.1 Å². The van der Waals surface area contributed by atoms with Crippen LogP contribution in [-0.4, -0.2) is 58.9 Å². The number of carbonyl (C=O) groups excluding carboxylic acids is 1. The fourth-order valence-electron chi connectivity index (χ4n) is 4.74. The number of H-pyrrole nitrogens is 1. The van der Waals surface area contributed by atoms with Crippen LogP contribution in [0.1, 0.15) is 37.1 Å². The number of hydrogen-bond donors (Lipinski definition) is 1. The molecule has 29 heavy (non-hydrogen) atoms. The van der Waals surface area contributed by atoms with E-state index in [1.807, 2.05) is 23.1 Å². The number of fused-ring (bicyclic) bond motifs is 1. The quantitative estimate of drug-likeness (QED) is 0.709. The standard InChI is InChI=1S/C20H23N7O2/c28-17-11-16(24-19-22-14-23-27(17)19)13-26-10-4-7-20(26)6-3-9-25(18(20)29)12-15-5-1-2-8-21-15/h1-2,5,8,11,14H,3-4,6-7,9-10,12-13H2,(H,22,23,24). The van der Waals surface area contributed by atoms with Gasteiger partial charge in [0, 0.05) is 25.4 Å². The molecule has 5 heterocycles. The summed E-state index contributed by atoms with van der Waals surface area (Å²) in [6, 6.07) is 7.31. The zero-order valence-corrected chi connectivity index (χ0v) is 16.1. The van der Waals surface area contributed by atoms with E-state index >= 15 is 0 Å². The highest BCUT2D eigenvalue weighted by Crippen LogP contribution is 2.39. The molecule has 2 saturated heterocycles. The van der Waals surface area contributed by atoms with E-state index in [2.05, 4.69) is 25.0 Å². The molecular formula is C20H23N7O2. The number of likely N-dealkylation sites (tertiary alicyclic amines) is 2. The molecule has 1 unspecified atom stereocenters. The molecule has 2 aliphatic heterocycles. The number of piperidine rings is 1. The molecule has 0 aliphatic carbocycles. The number of carbonyl (C=O) groups is 1. The second kappa shape index (κ2) is 7.07. The highest BCUT2D eigenvalue weighted by molar-refractivity contribution is 5.87. The van der Waals surface area contributed by atoms with Gasteiger partial charge in [0.05, 0.1) is 17.9 Å². The topological polar surface area (TPSA) is 99.5 Å². The molecule has 3 aromatic heterocycles. The third-order valence-electron chi connectivity index (χ3n) is 6.08. The molecule has 0 aromatic carbocycles. The number of nitrogens with one attached hydrogen (secondary N) is 1. The lowest BCUT2D eigenvalue weighted by molar-refractivity contribution is -0.148. The Hall–Kier alpha value is -3.07. The number of amides is 1. The molecule has 1 N–H and O–H groups in total. The fraction of sp³-hybridized carbons (Fsp3) is 0.450. The first-order valence-electron chi connectivity index (χ1n) is 10.0. The van der Waals surface area contributed by atoms with Crippen LogP contribution in [0.4, 0.5) is 0 Å². The van der Waals surface area contributed by atoms with Gasteiger partial charge in [-0.05, 0) is 44.4 Å². The van der Waals surface area contributed by atoms with Crippen LogP contribution in [0.3, 0.4) is 0 Å². The Kier molecular flexibility index (Phi) is 4.39. The summed E-state index contributed by atoms with van der Waals surface area (Å²) >= 11 is 0. The van der Waals surface area contributed by atoms with Crippen LogP contribution in [0.5, 0.6) is 0 Å². The average molecular weight is 393 g/mol. The zero-order chi connectivity index (χ0) is 19.8. The minimum Gasteiger partial charge on any atom is -0.335 e. The molecule has 1 atom stereocenters. The average Bonchev–Trinajstić information content (AvgIpc) is 3.35. The summed E-state index contributed by atoms with van der Waals surface area (Å²) in [6.45, 7) is 2.59. The van der Waals surface area contributed by atoms with Gasteiger partial charge in [-0.2, -0.15) is 4.52 Å². The normalized spacial score (nSPS) is 22.8. The summed E-state index contributed by atoms with van der Waals surface area (Å²) in [4.78, 5) is 42.9. The Morgan fingerprint density at radius 1 is 1.03 bits per heavy atom. The first kappa shape index (κ1) is 18.0. The highest BCUT2D eigenvalue weighted by atomic mass is 16.2. The van der Waals surface area contributed by atoms with Crippen LogP contribution in [-0.2, 0) is 17.9 Å². The molecule has 1 amide bonds. The van der Waals surface area contributed by atoms with Gasteiger partial charge in [0.25, 0.3) is 11.3 Å². The summed E-state index contributed by atoms with van der Waals surface area (Å²) in [5.74, 6) is 0.525. The van der Waals surface area contributed by atoms with E-state index in [9.17, 15) is 9.59 Å². The maximum atomic E-state index is 13.5. The zero-order valence-electron chi connectivity index (χ0n) is 16.1. The summed E-state index contributed by atoms with van der Waals surface area (Å²) in [6.07, 6.45) is 6.82. The van der Waals surface area contributed by atoms with Gasteiger partial charge in [-0.15, -0.1) is 0 Å². The van der Waals surface area contributed by atoms with Crippen molar-refractivity contribution < 1.29 is 4.79 Å². The van der Waals surface area contributed by atoms with E-state index in [0.29, 0.717) is 24.6 Å². The van der Waals surface area contributed by atoms with Crippen molar-refractivity contribution in [1.82, 2.24) is 34.4 Å². The molecular weight excluding hydrogens is 370 g/mol. The fourth-order valence-corrected chi connectivity index (χ4v) is 4.74. The van der Waals surface area contributed by atoms with E-state index in [-0.39, 0.29) is 11.5 Å². The molecule has 3 aromatic rings. The largest absolute Gasteiger partial charge is 0.335 e. The number of pyridine rings is 1. The SMILES string of the molecule is O=C1N(Cc2ccccn2)CCCC12CCCN2Cc1cc(=O)n2[nH]cnc2n1. The third-order valence-corrected chi connectivity index (χ3v) is 6.08. The van der Waals surface area contributed by atoms with Gasteiger partial charge < -0.3 is 4.90 Å². The van der Waals surface area contributed by atoms with Crippen LogP contribution >= 0.6 is 0 Å². The lowest BCUT2D eigenvalue weighted by Crippen LogP contribution is -2.59. The molecule has 9 nitrogen and oxygen atoms in total. The number of nitrogens with zero attached hydrogens (tertiary/aromatic N) is 6. The minimum absolute atomic E-state index is 0.171. The van der Waals surface area contributed by atoms with Crippen molar-refractivity contribution >= 4 is 11.7 Å². The van der Waals surface area contributed by atoms with E-state index < -0.39 is 5.54 Å². The van der Waals surface area contributed by atoms with Crippen molar-refractivity contribution in [3.05, 3.63) is 58.5 Å². The van der Waals surface area contributed by atoms with E-state index in [1.54, 1.807) is 6.20 Å². The maximum Gasteiger partial charge on any atom is 0.274 e. The van der Waals surface area contributed by atoms with Crippen LogP contribution in [0.25, 0.3) is 5.78 Å². The van der Waals surface area contributed by atoms with Gasteiger partial charge >= 0.3 is 0 Å². The van der Waals surface area contributed by atoms with E-state index in [0.717, 1.165) is 44.5 Å². The summed E-state index contributed by atoms with van der Waals surface area (Å²) in [7, 11) is 0. The van der Waals surface area contributed by atoms with Crippen LogP contribution in [0.15, 0.2) is 41.6 Å². The predicted octanol–water partition coefficient (Wildman–Crippen LogP) is 0.970. The lowest BCUT2D eigenvalue weighted by Gasteiger charge is -2.44. The van der Waals surface area contributed by atoms with Crippen molar-refractivity contribution in [3.63, 3.8) is 0 Å². The number of rotatable bonds is 4. The Balaban J connectivity index is 1.40. The summed E-state index contributed by atoms with van der Waals surface area (Å²) < 4.78 is 1.31. The molecule has 9 heteroatoms. The molecule has 0 bridgehead atoms. The van der Waals surface area contributed by atoms with Gasteiger partial charge in [0.15, 0.2) is 0 Å². The van der Waals surface area contributed by atoms with Gasteiger partial charge in [-0.1, -0.05) is 6.07 Å². The van der Waals surface area contributed by atoms with Gasteiger partial charge in [-0.3, -0.25) is 24.6 Å². The predicted molar refractivity (Wildman–Crippen MR) is 105 cm³/mol. The Bertz CT molecular complexity index is 1090. The Morgan fingerprint density at radius 2 is 1.90 bits per heavy atom. The van der Waals surface area contributed by atoms with Gasteiger partial charge in [-0.25, -0.2) is 9.97 Å². The summed E-state index contributed by atoms with van der Waals surface area (Å²) in [5, 5.41) is 2.75. The minimum atomic E-state index is -0.508. The Morgan fingerprint density at radius 3 is 2.72 bits per heavy atom. The van der Waals surface area contributed by atoms with E-state index in [1.165, 1.54) is 16.9 Å². The maximum absolute atomic E-state index is 13.5. The van der Waals surface area contributed by atoms with Crippen LogP contribution in [0, 0.1) is 0 Å². The molecule has 150 valence electrons. The molecule has 0 saturated carbocycles. The summed E-state index contributed by atoms with van der Waals surface area (Å²) in [5.41, 5.74) is 0.854. The van der Waals surface area contributed by atoms with Crippen molar-refractivity contribution in [1.29, 1.82) is 0 Å². The van der Waals surface area contributed by atoms with Crippen molar-refractivity contribution in [2.45, 2.75) is 44.3 Å². The molecule has 0 radical (unpaired) electrons. The van der Waals surface area contributed by atoms with Gasteiger partial charge in [0.2, 0.25) is 5.91 Å². The van der Waals surface area contributed by atoms with Crippen molar-refractivity contribution in [2.24, 2.45) is 0 Å². The third kappa shape index (κ3) is 3.11. The molecule has 5 rings (SSSR count). The number of hydrogen-bond acceptors (Lipinski definition) is 6. The van der Waals surface area contributed by atoms with E-state index in [4.69, 9.17) is 0 Å². The van der Waals surface area contributed by atoms with Crippen LogP contribution < -0.4 is 5.56 Å². The number of aromatic nitrogens is 5.